The van der Waals surface area contributed by atoms with Gasteiger partial charge in [0, 0.05) is 32.1 Å². The zero-order valence-electron chi connectivity index (χ0n) is 14.8. The summed E-state index contributed by atoms with van der Waals surface area (Å²) in [5.74, 6) is 0.791. The molecular weight excluding hydrogens is 310 g/mol. The molecule has 24 heavy (non-hydrogen) atoms. The van der Waals surface area contributed by atoms with Crippen LogP contribution in [0.5, 0.6) is 0 Å². The number of aryl methyl sites for hydroxylation is 2. The number of carbonyl (C=O) groups excluding carboxylic acids is 2. The van der Waals surface area contributed by atoms with E-state index in [-0.39, 0.29) is 18.9 Å². The Bertz CT molecular complexity index is 551. The fraction of sp³-hybridized carbons (Fsp3) is 0.706. The number of nitrogens with zero attached hydrogens (tertiary/aromatic N) is 2. The standard InChI is InChI=1S/C17H27N3O4/c1-17(2,3)24-16(22)18-9-7-15(21)23-11-8-13-12-20-10-5-4-6-14(20)19-13/h12H,4-11H2,1-3H3,(H,18,22). The first-order valence-electron chi connectivity index (χ1n) is 8.51. The first-order chi connectivity index (χ1) is 11.3. The molecule has 7 heteroatoms. The molecule has 0 saturated carbocycles. The molecule has 1 aliphatic rings. The molecule has 0 saturated heterocycles. The van der Waals surface area contributed by atoms with Crippen molar-refractivity contribution in [2.75, 3.05) is 13.2 Å². The number of ether oxygens (including phenoxy) is 2. The molecule has 0 spiro atoms. The summed E-state index contributed by atoms with van der Waals surface area (Å²) in [6.45, 7) is 6.89. The SMILES string of the molecule is CC(C)(C)OC(=O)NCCC(=O)OCCc1cn2c(n1)CCCC2. The minimum absolute atomic E-state index is 0.124. The van der Waals surface area contributed by atoms with Crippen LogP contribution in [0, 0.1) is 0 Å². The van der Waals surface area contributed by atoms with Crippen molar-refractivity contribution in [1.82, 2.24) is 14.9 Å². The lowest BCUT2D eigenvalue weighted by molar-refractivity contribution is -0.143. The van der Waals surface area contributed by atoms with Crippen LogP contribution in [0.3, 0.4) is 0 Å². The molecule has 2 heterocycles. The predicted octanol–water partition coefficient (Wildman–Crippen LogP) is 2.22. The average molecular weight is 337 g/mol. The second-order valence-electron chi connectivity index (χ2n) is 6.95. The van der Waals surface area contributed by atoms with Gasteiger partial charge in [-0.25, -0.2) is 9.78 Å². The van der Waals surface area contributed by atoms with Gasteiger partial charge in [-0.2, -0.15) is 0 Å². The van der Waals surface area contributed by atoms with Gasteiger partial charge < -0.3 is 19.4 Å². The molecule has 0 unspecified atom stereocenters. The number of carbonyl (C=O) groups is 2. The predicted molar refractivity (Wildman–Crippen MR) is 88.7 cm³/mol. The summed E-state index contributed by atoms with van der Waals surface area (Å²) in [7, 11) is 0. The van der Waals surface area contributed by atoms with Crippen molar-refractivity contribution in [2.45, 2.75) is 65.0 Å². The van der Waals surface area contributed by atoms with Crippen molar-refractivity contribution in [3.63, 3.8) is 0 Å². The highest BCUT2D eigenvalue weighted by Crippen LogP contribution is 2.14. The van der Waals surface area contributed by atoms with E-state index in [1.807, 2.05) is 6.20 Å². The molecule has 0 fully saturated rings. The molecule has 1 aromatic rings. The van der Waals surface area contributed by atoms with E-state index in [4.69, 9.17) is 9.47 Å². The van der Waals surface area contributed by atoms with Crippen LogP contribution in [-0.2, 0) is 33.7 Å². The van der Waals surface area contributed by atoms with E-state index in [9.17, 15) is 9.59 Å². The number of aromatic nitrogens is 2. The number of imidazole rings is 1. The minimum Gasteiger partial charge on any atom is -0.465 e. The number of hydrogen-bond donors (Lipinski definition) is 1. The molecule has 0 bridgehead atoms. The van der Waals surface area contributed by atoms with Crippen molar-refractivity contribution < 1.29 is 19.1 Å². The maximum Gasteiger partial charge on any atom is 0.407 e. The Morgan fingerprint density at radius 2 is 2.12 bits per heavy atom. The van der Waals surface area contributed by atoms with E-state index >= 15 is 0 Å². The van der Waals surface area contributed by atoms with E-state index in [2.05, 4.69) is 14.9 Å². The minimum atomic E-state index is -0.547. The number of hydrogen-bond acceptors (Lipinski definition) is 5. The molecule has 2 rings (SSSR count). The molecule has 1 aliphatic heterocycles. The summed E-state index contributed by atoms with van der Waals surface area (Å²) < 4.78 is 12.5. The Morgan fingerprint density at radius 3 is 2.83 bits per heavy atom. The largest absolute Gasteiger partial charge is 0.465 e. The number of fused-ring (bicyclic) bond motifs is 1. The van der Waals surface area contributed by atoms with Crippen LogP contribution in [0.4, 0.5) is 4.79 Å². The molecular formula is C17H27N3O4. The lowest BCUT2D eigenvalue weighted by atomic mass is 10.2. The fourth-order valence-corrected chi connectivity index (χ4v) is 2.51. The van der Waals surface area contributed by atoms with Gasteiger partial charge in [-0.05, 0) is 33.6 Å². The van der Waals surface area contributed by atoms with Gasteiger partial charge in [-0.15, -0.1) is 0 Å². The summed E-state index contributed by atoms with van der Waals surface area (Å²) in [6, 6.07) is 0. The summed E-state index contributed by atoms with van der Waals surface area (Å²) >= 11 is 0. The Hall–Kier alpha value is -2.05. The van der Waals surface area contributed by atoms with Crippen molar-refractivity contribution in [3.05, 3.63) is 17.7 Å². The molecule has 7 nitrogen and oxygen atoms in total. The van der Waals surface area contributed by atoms with E-state index in [1.54, 1.807) is 20.8 Å². The van der Waals surface area contributed by atoms with Gasteiger partial charge in [0.15, 0.2) is 0 Å². The molecule has 1 N–H and O–H groups in total. The Labute approximate surface area is 142 Å². The van der Waals surface area contributed by atoms with Crippen molar-refractivity contribution in [2.24, 2.45) is 0 Å². The third-order valence-electron chi connectivity index (χ3n) is 3.58. The first-order valence-corrected chi connectivity index (χ1v) is 8.51. The third kappa shape index (κ3) is 6.22. The van der Waals surface area contributed by atoms with Gasteiger partial charge in [0.1, 0.15) is 11.4 Å². The Balaban J connectivity index is 1.60. The highest BCUT2D eigenvalue weighted by Gasteiger charge is 2.16. The van der Waals surface area contributed by atoms with E-state index in [0.717, 1.165) is 24.5 Å². The van der Waals surface area contributed by atoms with Crippen LogP contribution in [0.15, 0.2) is 6.20 Å². The van der Waals surface area contributed by atoms with Crippen molar-refractivity contribution >= 4 is 12.1 Å². The highest BCUT2D eigenvalue weighted by molar-refractivity contribution is 5.71. The van der Waals surface area contributed by atoms with Gasteiger partial charge >= 0.3 is 12.1 Å². The first kappa shape index (κ1) is 18.3. The second kappa shape index (κ2) is 8.17. The van der Waals surface area contributed by atoms with E-state index in [1.165, 1.54) is 12.8 Å². The van der Waals surface area contributed by atoms with E-state index < -0.39 is 11.7 Å². The zero-order chi connectivity index (χ0) is 17.6. The fourth-order valence-electron chi connectivity index (χ4n) is 2.51. The van der Waals surface area contributed by atoms with Gasteiger partial charge in [0.25, 0.3) is 0 Å². The molecule has 0 atom stereocenters. The zero-order valence-corrected chi connectivity index (χ0v) is 14.8. The van der Waals surface area contributed by atoms with Crippen molar-refractivity contribution in [1.29, 1.82) is 0 Å². The van der Waals surface area contributed by atoms with Crippen LogP contribution in [0.1, 0.15) is 51.6 Å². The van der Waals surface area contributed by atoms with Crippen LogP contribution >= 0.6 is 0 Å². The molecule has 0 radical (unpaired) electrons. The van der Waals surface area contributed by atoms with Crippen LogP contribution < -0.4 is 5.32 Å². The normalized spacial score (nSPS) is 14.0. The molecule has 134 valence electrons. The van der Waals surface area contributed by atoms with Gasteiger partial charge in [-0.1, -0.05) is 0 Å². The van der Waals surface area contributed by atoms with Gasteiger partial charge in [0.2, 0.25) is 0 Å². The van der Waals surface area contributed by atoms with Gasteiger partial charge in [0.05, 0.1) is 18.7 Å². The Morgan fingerprint density at radius 1 is 1.33 bits per heavy atom. The lowest BCUT2D eigenvalue weighted by Gasteiger charge is -2.19. The Kier molecular flexibility index (Phi) is 6.23. The summed E-state index contributed by atoms with van der Waals surface area (Å²) in [4.78, 5) is 27.7. The highest BCUT2D eigenvalue weighted by atomic mass is 16.6. The summed E-state index contributed by atoms with van der Waals surface area (Å²) in [6.07, 6.45) is 5.67. The number of rotatable bonds is 6. The number of nitrogens with one attached hydrogen (secondary N) is 1. The lowest BCUT2D eigenvalue weighted by Crippen LogP contribution is -2.33. The third-order valence-corrected chi connectivity index (χ3v) is 3.58. The number of amides is 1. The molecule has 1 aromatic heterocycles. The van der Waals surface area contributed by atoms with E-state index in [0.29, 0.717) is 13.0 Å². The second-order valence-corrected chi connectivity index (χ2v) is 6.95. The van der Waals surface area contributed by atoms with Crippen molar-refractivity contribution in [3.8, 4) is 0 Å². The molecule has 0 aromatic carbocycles. The molecule has 0 aliphatic carbocycles. The number of alkyl carbamates (subject to hydrolysis) is 1. The topological polar surface area (TPSA) is 82.5 Å². The monoisotopic (exact) mass is 337 g/mol. The van der Waals surface area contributed by atoms with Crippen LogP contribution in [-0.4, -0.2) is 40.4 Å². The quantitative estimate of drug-likeness (QED) is 0.805. The van der Waals surface area contributed by atoms with Gasteiger partial charge in [-0.3, -0.25) is 4.79 Å². The number of esters is 1. The maximum atomic E-state index is 11.7. The maximum absolute atomic E-state index is 11.7. The summed E-state index contributed by atoms with van der Waals surface area (Å²) in [5, 5.41) is 2.53. The summed E-state index contributed by atoms with van der Waals surface area (Å²) in [5.41, 5.74) is 0.417. The smallest absolute Gasteiger partial charge is 0.407 e. The average Bonchev–Trinajstić information content (AvgIpc) is 2.88. The molecule has 1 amide bonds. The van der Waals surface area contributed by atoms with Crippen LogP contribution in [0.2, 0.25) is 0 Å². The van der Waals surface area contributed by atoms with Crippen LogP contribution in [0.25, 0.3) is 0 Å².